The number of benzene rings is 2. The minimum Gasteiger partial charge on any atom is -0.299 e. The molecular weight excluding hydrogens is 416 g/mol. The van der Waals surface area contributed by atoms with Crippen LogP contribution < -0.4 is 0 Å². The summed E-state index contributed by atoms with van der Waals surface area (Å²) in [6.07, 6.45) is 4.08. The van der Waals surface area contributed by atoms with Crippen molar-refractivity contribution < 1.29 is 16.8 Å². The van der Waals surface area contributed by atoms with Crippen molar-refractivity contribution in [3.8, 4) is 0 Å². The van der Waals surface area contributed by atoms with Crippen LogP contribution in [0, 0.1) is 16.7 Å². The molecule has 2 aromatic carbocycles. The Morgan fingerprint density at radius 1 is 1.07 bits per heavy atom. The van der Waals surface area contributed by atoms with Crippen molar-refractivity contribution >= 4 is 37.0 Å². The SMILES string of the molecule is CC1(C)C2CCC1(CS(=O)(=O)OS1(c3cccc4ccccc34)CCCC1)C(=O)C2. The van der Waals surface area contributed by atoms with E-state index in [0.717, 1.165) is 46.4 Å². The lowest BCUT2D eigenvalue weighted by atomic mass is 9.70. The molecule has 2 saturated carbocycles. The molecule has 0 spiro atoms. The lowest BCUT2D eigenvalue weighted by Crippen LogP contribution is -2.42. The molecule has 0 radical (unpaired) electrons. The number of carbonyl (C=O) groups is 1. The van der Waals surface area contributed by atoms with Gasteiger partial charge in [-0.3, -0.25) is 4.79 Å². The molecule has 0 N–H and O–H groups in total. The summed E-state index contributed by atoms with van der Waals surface area (Å²) in [5, 5.41) is 2.20. The van der Waals surface area contributed by atoms with Gasteiger partial charge in [0, 0.05) is 22.8 Å². The Labute approximate surface area is 181 Å². The average Bonchev–Trinajstić information content (AvgIpc) is 3.30. The highest BCUT2D eigenvalue weighted by molar-refractivity contribution is 8.33. The van der Waals surface area contributed by atoms with E-state index in [0.29, 0.717) is 18.8 Å². The van der Waals surface area contributed by atoms with E-state index in [1.165, 1.54) is 0 Å². The smallest absolute Gasteiger partial charge is 0.277 e. The van der Waals surface area contributed by atoms with Crippen molar-refractivity contribution in [2.75, 3.05) is 17.3 Å². The highest BCUT2D eigenvalue weighted by Crippen LogP contribution is 2.67. The number of hydrogen-bond donors (Lipinski definition) is 0. The van der Waals surface area contributed by atoms with Crippen LogP contribution in [0.5, 0.6) is 0 Å². The minimum absolute atomic E-state index is 0.122. The third kappa shape index (κ3) is 2.90. The van der Waals surface area contributed by atoms with Crippen LogP contribution >= 0.6 is 10.3 Å². The first-order valence-corrected chi connectivity index (χ1v) is 14.4. The Morgan fingerprint density at radius 3 is 2.43 bits per heavy atom. The van der Waals surface area contributed by atoms with E-state index in [4.69, 9.17) is 3.63 Å². The van der Waals surface area contributed by atoms with E-state index in [-0.39, 0.29) is 17.0 Å². The molecule has 2 bridgehead atoms. The number of hydrogen-bond acceptors (Lipinski definition) is 4. The van der Waals surface area contributed by atoms with E-state index < -0.39 is 25.8 Å². The van der Waals surface area contributed by atoms with Gasteiger partial charge in [-0.15, -0.1) is 0 Å². The zero-order chi connectivity index (χ0) is 21.2. The third-order valence-electron chi connectivity index (χ3n) is 8.14. The maximum atomic E-state index is 13.5. The highest BCUT2D eigenvalue weighted by atomic mass is 32.3. The van der Waals surface area contributed by atoms with Gasteiger partial charge in [0.15, 0.2) is 0 Å². The highest BCUT2D eigenvalue weighted by Gasteiger charge is 2.65. The van der Waals surface area contributed by atoms with E-state index in [9.17, 15) is 13.2 Å². The van der Waals surface area contributed by atoms with Crippen LogP contribution in [-0.2, 0) is 18.5 Å². The Morgan fingerprint density at radius 2 is 1.77 bits per heavy atom. The fourth-order valence-corrected chi connectivity index (χ4v) is 13.0. The normalized spacial score (nSPS) is 30.7. The number of Topliss-reactive ketones (excluding diaryl/α,β-unsaturated/α-hetero) is 1. The lowest BCUT2D eigenvalue weighted by Gasteiger charge is -2.39. The predicted molar refractivity (Wildman–Crippen MR) is 122 cm³/mol. The molecule has 0 aromatic heterocycles. The fourth-order valence-electron chi connectivity index (χ4n) is 6.25. The molecule has 162 valence electrons. The van der Waals surface area contributed by atoms with Crippen molar-refractivity contribution in [1.29, 1.82) is 0 Å². The van der Waals surface area contributed by atoms with E-state index >= 15 is 0 Å². The summed E-state index contributed by atoms with van der Waals surface area (Å²) in [6.45, 7) is 4.15. The Hall–Kier alpha value is -1.37. The molecule has 2 aliphatic carbocycles. The summed E-state index contributed by atoms with van der Waals surface area (Å²) >= 11 is 0. The molecule has 3 aliphatic rings. The summed E-state index contributed by atoms with van der Waals surface area (Å²) in [7, 11) is -5.80. The van der Waals surface area contributed by atoms with Crippen molar-refractivity contribution in [3.05, 3.63) is 42.5 Å². The van der Waals surface area contributed by atoms with Gasteiger partial charge in [0.2, 0.25) is 0 Å². The lowest BCUT2D eigenvalue weighted by molar-refractivity contribution is -0.128. The summed E-state index contributed by atoms with van der Waals surface area (Å²) in [6, 6.07) is 14.2. The summed E-state index contributed by atoms with van der Waals surface area (Å²) in [4.78, 5) is 13.9. The Kier molecular flexibility index (Phi) is 4.66. The molecule has 2 aromatic rings. The molecule has 2 atom stereocenters. The van der Waals surface area contributed by atoms with E-state index in [2.05, 4.69) is 32.0 Å². The van der Waals surface area contributed by atoms with Gasteiger partial charge in [0.25, 0.3) is 10.1 Å². The van der Waals surface area contributed by atoms with Crippen molar-refractivity contribution in [2.24, 2.45) is 16.7 Å². The molecule has 5 rings (SSSR count). The topological polar surface area (TPSA) is 60.4 Å². The van der Waals surface area contributed by atoms with Gasteiger partial charge < -0.3 is 0 Å². The van der Waals surface area contributed by atoms with Crippen LogP contribution in [0.15, 0.2) is 47.4 Å². The molecule has 30 heavy (non-hydrogen) atoms. The summed E-state index contributed by atoms with van der Waals surface area (Å²) < 4.78 is 33.3. The van der Waals surface area contributed by atoms with Gasteiger partial charge in [-0.1, -0.05) is 60.6 Å². The molecular formula is C24H30O4S2. The number of rotatable bonds is 5. The van der Waals surface area contributed by atoms with E-state index in [1.807, 2.05) is 24.3 Å². The van der Waals surface area contributed by atoms with Crippen molar-refractivity contribution in [3.63, 3.8) is 0 Å². The fraction of sp³-hybridized carbons (Fsp3) is 0.542. The van der Waals surface area contributed by atoms with Crippen LogP contribution in [0.1, 0.15) is 46.0 Å². The minimum atomic E-state index is -3.86. The van der Waals surface area contributed by atoms with Gasteiger partial charge in [-0.25, -0.2) is 3.63 Å². The molecule has 1 heterocycles. The van der Waals surface area contributed by atoms with Crippen molar-refractivity contribution in [1.82, 2.24) is 0 Å². The van der Waals surface area contributed by atoms with Crippen molar-refractivity contribution in [2.45, 2.75) is 50.8 Å². The van der Waals surface area contributed by atoms with Crippen LogP contribution in [-0.4, -0.2) is 31.5 Å². The first-order chi connectivity index (χ1) is 14.2. The third-order valence-corrected chi connectivity index (χ3v) is 13.9. The second-order valence-corrected chi connectivity index (χ2v) is 14.7. The molecule has 3 fully saturated rings. The quantitative estimate of drug-likeness (QED) is 0.612. The zero-order valence-corrected chi connectivity index (χ0v) is 19.4. The Bertz CT molecular complexity index is 1110. The molecule has 4 nitrogen and oxygen atoms in total. The van der Waals surface area contributed by atoms with Gasteiger partial charge in [0.05, 0.1) is 11.2 Å². The van der Waals surface area contributed by atoms with Crippen LogP contribution in [0.2, 0.25) is 0 Å². The Balaban J connectivity index is 1.53. The number of carbonyl (C=O) groups excluding carboxylic acids is 1. The molecule has 0 amide bonds. The summed E-state index contributed by atoms with van der Waals surface area (Å²) in [5.74, 6) is 1.80. The second kappa shape index (κ2) is 6.81. The predicted octanol–water partition coefficient (Wildman–Crippen LogP) is 5.45. The zero-order valence-electron chi connectivity index (χ0n) is 17.7. The molecule has 1 saturated heterocycles. The van der Waals surface area contributed by atoms with Crippen LogP contribution in [0.3, 0.4) is 0 Å². The molecule has 2 unspecified atom stereocenters. The number of fused-ring (bicyclic) bond motifs is 3. The summed E-state index contributed by atoms with van der Waals surface area (Å²) in [5.41, 5.74) is -1.06. The van der Waals surface area contributed by atoms with Crippen LogP contribution in [0.25, 0.3) is 10.8 Å². The maximum Gasteiger partial charge on any atom is 0.277 e. The van der Waals surface area contributed by atoms with Gasteiger partial charge in [-0.05, 0) is 53.9 Å². The molecule has 1 aliphatic heterocycles. The maximum absolute atomic E-state index is 13.5. The molecule has 6 heteroatoms. The van der Waals surface area contributed by atoms with Gasteiger partial charge in [-0.2, -0.15) is 8.42 Å². The first kappa shape index (κ1) is 20.5. The van der Waals surface area contributed by atoms with Gasteiger partial charge >= 0.3 is 0 Å². The largest absolute Gasteiger partial charge is 0.299 e. The monoisotopic (exact) mass is 446 g/mol. The van der Waals surface area contributed by atoms with E-state index in [1.54, 1.807) is 0 Å². The second-order valence-electron chi connectivity index (χ2n) is 9.84. The standard InChI is InChI=1S/C24H30O4S2/c1-23(2)19-12-13-24(23,22(25)16-19)17-30(26,27)28-29(14-5-6-15-29)21-11-7-9-18-8-3-4-10-20(18)21/h3-4,7-11,19H,5-6,12-17H2,1-2H3. The number of ketones is 1. The average molecular weight is 447 g/mol. The van der Waals surface area contributed by atoms with Crippen LogP contribution in [0.4, 0.5) is 0 Å². The van der Waals surface area contributed by atoms with Gasteiger partial charge in [0.1, 0.15) is 5.78 Å². The first-order valence-electron chi connectivity index (χ1n) is 10.9.